The number of hydrogen-bond donors (Lipinski definition) is 2. The van der Waals surface area contributed by atoms with Crippen molar-refractivity contribution in [1.29, 1.82) is 0 Å². The van der Waals surface area contributed by atoms with E-state index < -0.39 is 23.8 Å². The standard InChI is InChI=1S/C25H22F2N2O5/c1-14-6-9-20(28-21(14)15-4-2-5-16(12-15)22(30)31)29-23(32)24(10-3-11-24)17-7-8-18-19(13-17)34-25(26,27)33-18/h2,4-8,12-13,20H,3,9-11H2,1H3,(H,29,32)(H,30,31). The number of carboxylic acid groups (broad SMARTS) is 1. The summed E-state index contributed by atoms with van der Waals surface area (Å²) in [6.45, 7) is 1.89. The molecule has 2 N–H and O–H groups in total. The molecule has 1 unspecified atom stereocenters. The molecule has 0 aromatic heterocycles. The molecule has 2 aliphatic heterocycles. The number of dihydropyridines is 1. The molecule has 1 aliphatic carbocycles. The van der Waals surface area contributed by atoms with E-state index in [0.717, 1.165) is 12.0 Å². The van der Waals surface area contributed by atoms with Crippen molar-refractivity contribution in [1.82, 2.24) is 5.32 Å². The van der Waals surface area contributed by atoms with Crippen LogP contribution >= 0.6 is 0 Å². The number of aliphatic imine (C=N–C) groups is 1. The number of fused-ring (bicyclic) bond motifs is 1. The van der Waals surface area contributed by atoms with Crippen LogP contribution in [0.4, 0.5) is 8.78 Å². The first kappa shape index (κ1) is 22.1. The second-order valence-corrected chi connectivity index (χ2v) is 8.74. The lowest BCUT2D eigenvalue weighted by Crippen LogP contribution is -2.52. The van der Waals surface area contributed by atoms with E-state index in [1.54, 1.807) is 24.3 Å². The van der Waals surface area contributed by atoms with Gasteiger partial charge in [0.2, 0.25) is 5.91 Å². The summed E-state index contributed by atoms with van der Waals surface area (Å²) in [4.78, 5) is 29.5. The second-order valence-electron chi connectivity index (χ2n) is 8.74. The Bertz CT molecular complexity index is 1250. The molecule has 1 atom stereocenters. The van der Waals surface area contributed by atoms with Crippen molar-refractivity contribution in [2.75, 3.05) is 0 Å². The van der Waals surface area contributed by atoms with Crippen molar-refractivity contribution in [3.63, 3.8) is 0 Å². The molecular weight excluding hydrogens is 446 g/mol. The van der Waals surface area contributed by atoms with Gasteiger partial charge in [0.25, 0.3) is 0 Å². The Morgan fingerprint density at radius 1 is 1.12 bits per heavy atom. The van der Waals surface area contributed by atoms with Crippen molar-refractivity contribution in [3.05, 3.63) is 70.8 Å². The zero-order valence-corrected chi connectivity index (χ0v) is 18.3. The molecule has 2 heterocycles. The van der Waals surface area contributed by atoms with Crippen molar-refractivity contribution in [3.8, 4) is 11.5 Å². The van der Waals surface area contributed by atoms with Crippen molar-refractivity contribution in [2.24, 2.45) is 4.99 Å². The molecule has 5 rings (SSSR count). The van der Waals surface area contributed by atoms with Gasteiger partial charge in [0, 0.05) is 12.0 Å². The third-order valence-corrected chi connectivity index (χ3v) is 6.58. The molecule has 0 spiro atoms. The van der Waals surface area contributed by atoms with Crippen LogP contribution in [-0.2, 0) is 10.2 Å². The minimum atomic E-state index is -3.72. The van der Waals surface area contributed by atoms with Crippen LogP contribution in [0.5, 0.6) is 11.5 Å². The van der Waals surface area contributed by atoms with Crippen LogP contribution in [0.3, 0.4) is 0 Å². The van der Waals surface area contributed by atoms with Crippen LogP contribution in [0, 0.1) is 0 Å². The van der Waals surface area contributed by atoms with Gasteiger partial charge in [-0.05, 0) is 55.2 Å². The van der Waals surface area contributed by atoms with E-state index >= 15 is 0 Å². The molecule has 7 nitrogen and oxygen atoms in total. The maximum Gasteiger partial charge on any atom is 0.586 e. The summed E-state index contributed by atoms with van der Waals surface area (Å²) in [6, 6.07) is 11.0. The molecule has 3 aliphatic rings. The highest BCUT2D eigenvalue weighted by Crippen LogP contribution is 2.49. The minimum absolute atomic E-state index is 0.0608. The van der Waals surface area contributed by atoms with E-state index in [-0.39, 0.29) is 23.0 Å². The highest BCUT2D eigenvalue weighted by Gasteiger charge is 2.49. The van der Waals surface area contributed by atoms with Crippen LogP contribution < -0.4 is 14.8 Å². The number of hydrogen-bond acceptors (Lipinski definition) is 5. The Balaban J connectivity index is 1.38. The normalized spacial score (nSPS) is 21.7. The number of nitrogens with zero attached hydrogens (tertiary/aromatic N) is 1. The number of nitrogens with one attached hydrogen (secondary N) is 1. The molecule has 176 valence electrons. The van der Waals surface area contributed by atoms with Crippen molar-refractivity contribution in [2.45, 2.75) is 50.5 Å². The third-order valence-electron chi connectivity index (χ3n) is 6.58. The number of rotatable bonds is 5. The molecule has 0 saturated heterocycles. The first-order valence-electron chi connectivity index (χ1n) is 11.0. The average Bonchev–Trinajstić information content (AvgIpc) is 3.07. The van der Waals surface area contributed by atoms with Gasteiger partial charge in [0.1, 0.15) is 6.17 Å². The maximum atomic E-state index is 13.4. The van der Waals surface area contributed by atoms with Gasteiger partial charge >= 0.3 is 12.3 Å². The van der Waals surface area contributed by atoms with Gasteiger partial charge in [0.05, 0.1) is 16.7 Å². The molecule has 1 amide bonds. The van der Waals surface area contributed by atoms with E-state index in [9.17, 15) is 23.5 Å². The number of halogens is 2. The van der Waals surface area contributed by atoms with Crippen LogP contribution in [0.15, 0.2) is 59.1 Å². The van der Waals surface area contributed by atoms with Crippen LogP contribution in [0.2, 0.25) is 0 Å². The lowest BCUT2D eigenvalue weighted by atomic mass is 9.63. The number of carbonyl (C=O) groups excluding carboxylic acids is 1. The molecule has 34 heavy (non-hydrogen) atoms. The third kappa shape index (κ3) is 3.81. The van der Waals surface area contributed by atoms with E-state index in [2.05, 4.69) is 14.8 Å². The quantitative estimate of drug-likeness (QED) is 0.678. The molecule has 2 aromatic rings. The van der Waals surface area contributed by atoms with Crippen LogP contribution in [-0.4, -0.2) is 35.2 Å². The summed E-state index contributed by atoms with van der Waals surface area (Å²) >= 11 is 0. The maximum absolute atomic E-state index is 13.4. The lowest BCUT2D eigenvalue weighted by Gasteiger charge is -2.41. The van der Waals surface area contributed by atoms with E-state index in [1.165, 1.54) is 18.2 Å². The molecule has 1 saturated carbocycles. The fourth-order valence-corrected chi connectivity index (χ4v) is 4.60. The highest BCUT2D eigenvalue weighted by molar-refractivity contribution is 6.13. The average molecular weight is 468 g/mol. The van der Waals surface area contributed by atoms with Crippen LogP contribution in [0.25, 0.3) is 0 Å². The Kier molecular flexibility index (Phi) is 5.15. The van der Waals surface area contributed by atoms with E-state index in [1.807, 2.05) is 13.0 Å². The van der Waals surface area contributed by atoms with Crippen molar-refractivity contribution >= 4 is 17.6 Å². The molecular formula is C25H22F2N2O5. The predicted molar refractivity (Wildman–Crippen MR) is 118 cm³/mol. The number of aromatic carboxylic acids is 1. The van der Waals surface area contributed by atoms with Crippen molar-refractivity contribution < 1.29 is 33.0 Å². The summed E-state index contributed by atoms with van der Waals surface area (Å²) in [5.74, 6) is -1.41. The van der Waals surface area contributed by atoms with Gasteiger partial charge in [0.15, 0.2) is 11.5 Å². The zero-order chi connectivity index (χ0) is 24.1. The Morgan fingerprint density at radius 3 is 2.59 bits per heavy atom. The fourth-order valence-electron chi connectivity index (χ4n) is 4.60. The molecule has 2 aromatic carbocycles. The number of allylic oxidation sites excluding steroid dienone is 1. The molecule has 0 bridgehead atoms. The van der Waals surface area contributed by atoms with E-state index in [0.29, 0.717) is 36.1 Å². The first-order chi connectivity index (χ1) is 16.2. The number of amides is 1. The van der Waals surface area contributed by atoms with Gasteiger partial charge in [-0.25, -0.2) is 4.79 Å². The number of ether oxygens (including phenoxy) is 2. The predicted octanol–water partition coefficient (Wildman–Crippen LogP) is 4.41. The Labute approximate surface area is 194 Å². The summed E-state index contributed by atoms with van der Waals surface area (Å²) in [6.07, 6.45) is 0.181. The zero-order valence-electron chi connectivity index (χ0n) is 18.3. The first-order valence-corrected chi connectivity index (χ1v) is 11.0. The highest BCUT2D eigenvalue weighted by atomic mass is 19.3. The smallest absolute Gasteiger partial charge is 0.478 e. The largest absolute Gasteiger partial charge is 0.586 e. The van der Waals surface area contributed by atoms with Gasteiger partial charge < -0.3 is 19.9 Å². The summed E-state index contributed by atoms with van der Waals surface area (Å²) < 4.78 is 35.9. The topological polar surface area (TPSA) is 97.2 Å². The Hall–Kier alpha value is -3.75. The van der Waals surface area contributed by atoms with Gasteiger partial charge in [-0.1, -0.05) is 30.7 Å². The number of alkyl halides is 2. The minimum Gasteiger partial charge on any atom is -0.478 e. The Morgan fingerprint density at radius 2 is 1.88 bits per heavy atom. The van der Waals surface area contributed by atoms with Gasteiger partial charge in [-0.2, -0.15) is 0 Å². The lowest BCUT2D eigenvalue weighted by molar-refractivity contribution is -0.286. The summed E-state index contributed by atoms with van der Waals surface area (Å²) in [7, 11) is 0. The van der Waals surface area contributed by atoms with E-state index in [4.69, 9.17) is 4.99 Å². The summed E-state index contributed by atoms with van der Waals surface area (Å²) in [5, 5.41) is 12.3. The second kappa shape index (κ2) is 7.93. The fraction of sp³-hybridized carbons (Fsp3) is 0.320. The molecule has 0 radical (unpaired) electrons. The van der Waals surface area contributed by atoms with Gasteiger partial charge in [-0.3, -0.25) is 9.79 Å². The number of carboxylic acids is 1. The SMILES string of the molecule is CC1=CCC(NC(=O)C2(c3ccc4c(c3)OC(F)(F)O4)CCC2)N=C1c1cccc(C(=O)O)c1. The molecule has 1 fully saturated rings. The van der Waals surface area contributed by atoms with Gasteiger partial charge in [-0.15, -0.1) is 8.78 Å². The van der Waals surface area contributed by atoms with Crippen LogP contribution in [0.1, 0.15) is 54.1 Å². The number of benzene rings is 2. The summed E-state index contributed by atoms with van der Waals surface area (Å²) in [5.41, 5.74) is 2.06. The number of carbonyl (C=O) groups is 2. The molecule has 9 heteroatoms. The monoisotopic (exact) mass is 468 g/mol.